The monoisotopic (exact) mass is 528 g/mol. The van der Waals surface area contributed by atoms with Crippen LogP contribution < -0.4 is 15.0 Å². The van der Waals surface area contributed by atoms with Gasteiger partial charge in [-0.2, -0.15) is 9.78 Å². The van der Waals surface area contributed by atoms with Gasteiger partial charge in [-0.05, 0) is 72.9 Å². The summed E-state index contributed by atoms with van der Waals surface area (Å²) in [5.74, 6) is 2.25. The lowest BCUT2D eigenvalue weighted by molar-refractivity contribution is 0.292. The van der Waals surface area contributed by atoms with E-state index < -0.39 is 0 Å². The van der Waals surface area contributed by atoms with Gasteiger partial charge in [0.25, 0.3) is 5.56 Å². The summed E-state index contributed by atoms with van der Waals surface area (Å²) in [5.41, 5.74) is 5.35. The maximum absolute atomic E-state index is 13.2. The van der Waals surface area contributed by atoms with E-state index in [-0.39, 0.29) is 11.5 Å². The molecule has 1 N–H and O–H groups in total. The highest BCUT2D eigenvalue weighted by molar-refractivity contribution is 6.31. The van der Waals surface area contributed by atoms with Gasteiger partial charge in [0.2, 0.25) is 0 Å². The lowest BCUT2D eigenvalue weighted by Gasteiger charge is -2.17. The Balaban J connectivity index is 1.46. The summed E-state index contributed by atoms with van der Waals surface area (Å²) in [7, 11) is 1.63. The molecular weight excluding hydrogens is 500 g/mol. The fraction of sp³-hybridized carbons (Fsp3) is 0.233. The molecule has 0 aliphatic rings. The molecule has 7 nitrogen and oxygen atoms in total. The molecule has 5 rings (SSSR count). The van der Waals surface area contributed by atoms with E-state index in [1.807, 2.05) is 61.5 Å². The molecule has 8 heteroatoms. The molecule has 0 saturated carbocycles. The summed E-state index contributed by atoms with van der Waals surface area (Å²) >= 11 is 6.35. The van der Waals surface area contributed by atoms with Crippen LogP contribution in [0.4, 0.5) is 0 Å². The number of aromatic nitrogens is 3. The molecule has 0 atom stereocenters. The van der Waals surface area contributed by atoms with E-state index in [0.29, 0.717) is 29.2 Å². The molecule has 0 aliphatic heterocycles. The van der Waals surface area contributed by atoms with Crippen LogP contribution in [0.1, 0.15) is 47.8 Å². The van der Waals surface area contributed by atoms with Crippen molar-refractivity contribution in [2.75, 3.05) is 7.11 Å². The molecule has 5 aromatic rings. The molecule has 0 saturated heterocycles. The number of methoxy groups -OCH3 is 1. The van der Waals surface area contributed by atoms with Gasteiger partial charge in [-0.25, -0.2) is 4.98 Å². The molecule has 2 aromatic heterocycles. The van der Waals surface area contributed by atoms with Crippen molar-refractivity contribution in [3.63, 3.8) is 0 Å². The van der Waals surface area contributed by atoms with E-state index in [1.54, 1.807) is 20.2 Å². The summed E-state index contributed by atoms with van der Waals surface area (Å²) in [6.45, 7) is 8.25. The van der Waals surface area contributed by atoms with Crippen molar-refractivity contribution in [1.29, 1.82) is 0 Å². The highest BCUT2D eigenvalue weighted by Gasteiger charge is 2.14. The highest BCUT2D eigenvalue weighted by Crippen LogP contribution is 2.33. The fourth-order valence-electron chi connectivity index (χ4n) is 4.51. The largest absolute Gasteiger partial charge is 0.496 e. The molecule has 0 spiro atoms. The molecule has 0 bridgehead atoms. The van der Waals surface area contributed by atoms with Crippen molar-refractivity contribution in [3.8, 4) is 11.5 Å². The molecular formula is C30H29ClN4O3. The van der Waals surface area contributed by atoms with Crippen molar-refractivity contribution in [2.45, 2.75) is 40.2 Å². The van der Waals surface area contributed by atoms with Crippen LogP contribution in [0, 0.1) is 13.8 Å². The van der Waals surface area contributed by atoms with Crippen molar-refractivity contribution in [3.05, 3.63) is 98.1 Å². The summed E-state index contributed by atoms with van der Waals surface area (Å²) in [6, 6.07) is 17.4. The quantitative estimate of drug-likeness (QED) is 0.237. The zero-order valence-corrected chi connectivity index (χ0v) is 22.8. The van der Waals surface area contributed by atoms with Gasteiger partial charge in [-0.1, -0.05) is 43.6 Å². The topological polar surface area (TPSA) is 81.5 Å². The van der Waals surface area contributed by atoms with Crippen LogP contribution in [0.15, 0.2) is 64.5 Å². The Morgan fingerprint density at radius 3 is 2.66 bits per heavy atom. The van der Waals surface area contributed by atoms with Gasteiger partial charge < -0.3 is 14.5 Å². The molecule has 0 unspecified atom stereocenters. The van der Waals surface area contributed by atoms with Gasteiger partial charge in [0.15, 0.2) is 0 Å². The van der Waals surface area contributed by atoms with E-state index in [9.17, 15) is 4.79 Å². The number of ether oxygens (including phenoxy) is 2. The lowest BCUT2D eigenvalue weighted by atomic mass is 10.0. The molecule has 0 fully saturated rings. The summed E-state index contributed by atoms with van der Waals surface area (Å²) < 4.78 is 13.1. The smallest absolute Gasteiger partial charge is 0.298 e. The number of aryl methyl sites for hydroxylation is 2. The van der Waals surface area contributed by atoms with Crippen LogP contribution in [0.25, 0.3) is 21.9 Å². The van der Waals surface area contributed by atoms with E-state index in [2.05, 4.69) is 28.9 Å². The van der Waals surface area contributed by atoms with Gasteiger partial charge in [-0.15, -0.1) is 0 Å². The first-order chi connectivity index (χ1) is 18.3. The van der Waals surface area contributed by atoms with Crippen LogP contribution >= 0.6 is 11.6 Å². The van der Waals surface area contributed by atoms with Crippen molar-refractivity contribution < 1.29 is 9.47 Å². The third-order valence-electron chi connectivity index (χ3n) is 6.59. The predicted molar refractivity (Wildman–Crippen MR) is 153 cm³/mol. The first-order valence-corrected chi connectivity index (χ1v) is 12.8. The first kappa shape index (κ1) is 25.5. The van der Waals surface area contributed by atoms with Crippen LogP contribution in [0.2, 0.25) is 5.02 Å². The summed E-state index contributed by atoms with van der Waals surface area (Å²) in [4.78, 5) is 21.1. The second-order valence-electron chi connectivity index (χ2n) is 9.57. The van der Waals surface area contributed by atoms with E-state index >= 15 is 0 Å². The molecule has 0 aliphatic carbocycles. The minimum Gasteiger partial charge on any atom is -0.496 e. The normalized spacial score (nSPS) is 11.8. The number of fused-ring (bicyclic) bond motifs is 3. The summed E-state index contributed by atoms with van der Waals surface area (Å²) in [5, 5.41) is 6.11. The number of aromatic amines is 1. The minimum atomic E-state index is -0.253. The van der Waals surface area contributed by atoms with Crippen molar-refractivity contribution in [1.82, 2.24) is 14.6 Å². The van der Waals surface area contributed by atoms with E-state index in [4.69, 9.17) is 21.1 Å². The number of nitrogens with zero attached hydrogens (tertiary/aromatic N) is 3. The number of H-pyrrole nitrogens is 1. The molecule has 38 heavy (non-hydrogen) atoms. The molecule has 0 amide bonds. The van der Waals surface area contributed by atoms with Crippen LogP contribution in [0.3, 0.4) is 0 Å². The lowest BCUT2D eigenvalue weighted by Crippen LogP contribution is -2.20. The number of rotatable bonds is 7. The molecule has 194 valence electrons. The van der Waals surface area contributed by atoms with E-state index in [1.165, 1.54) is 4.68 Å². The molecule has 2 heterocycles. The Hall–Kier alpha value is -4.10. The highest BCUT2D eigenvalue weighted by atomic mass is 35.5. The zero-order chi connectivity index (χ0) is 27.0. The van der Waals surface area contributed by atoms with Crippen LogP contribution in [0.5, 0.6) is 11.5 Å². The Labute approximate surface area is 225 Å². The fourth-order valence-corrected chi connectivity index (χ4v) is 4.69. The Kier molecular flexibility index (Phi) is 6.95. The Bertz CT molecular complexity index is 1750. The number of halogens is 1. The number of para-hydroxylation sites is 1. The van der Waals surface area contributed by atoms with Crippen molar-refractivity contribution in [2.24, 2.45) is 5.10 Å². The van der Waals surface area contributed by atoms with Gasteiger partial charge in [-0.3, -0.25) is 4.79 Å². The zero-order valence-electron chi connectivity index (χ0n) is 22.0. The maximum atomic E-state index is 13.2. The number of hydrogen-bond donors (Lipinski definition) is 1. The molecule has 0 radical (unpaired) electrons. The maximum Gasteiger partial charge on any atom is 0.298 e. The minimum absolute atomic E-state index is 0.253. The van der Waals surface area contributed by atoms with Crippen molar-refractivity contribution >= 4 is 39.8 Å². The molecule has 3 aromatic carbocycles. The van der Waals surface area contributed by atoms with E-state index in [0.717, 1.165) is 43.9 Å². The SMILES string of the molecule is COc1ccc(/C=N/n2c(C)nc3c([nH]c4ccccc43)c2=O)cc1COc1cc(C)c(Cl)cc1C(C)C. The van der Waals surface area contributed by atoms with Gasteiger partial charge >= 0.3 is 0 Å². The first-order valence-electron chi connectivity index (χ1n) is 12.4. The van der Waals surface area contributed by atoms with Gasteiger partial charge in [0.05, 0.1) is 13.3 Å². The number of hydrogen-bond acceptors (Lipinski definition) is 5. The Morgan fingerprint density at radius 1 is 1.11 bits per heavy atom. The second kappa shape index (κ2) is 10.3. The van der Waals surface area contributed by atoms with Crippen LogP contribution in [-0.2, 0) is 6.61 Å². The number of benzene rings is 3. The average molecular weight is 529 g/mol. The standard InChI is InChI=1S/C30H29ClN4O3/c1-17(2)23-14-24(31)18(3)12-27(23)38-16-21-13-20(10-11-26(21)37-5)15-32-35-19(4)33-28-22-8-6-7-9-25(22)34-29(28)30(35)36/h6-15,17,34H,16H2,1-5H3/b32-15+. The second-order valence-corrected chi connectivity index (χ2v) is 9.98. The number of nitrogens with one attached hydrogen (secondary N) is 1. The van der Waals surface area contributed by atoms with Gasteiger partial charge in [0, 0.05) is 21.5 Å². The van der Waals surface area contributed by atoms with Crippen LogP contribution in [-0.4, -0.2) is 28.0 Å². The average Bonchev–Trinajstić information content (AvgIpc) is 3.27. The van der Waals surface area contributed by atoms with Gasteiger partial charge in [0.1, 0.15) is 35.0 Å². The third kappa shape index (κ3) is 4.77. The third-order valence-corrected chi connectivity index (χ3v) is 7.00. The summed E-state index contributed by atoms with van der Waals surface area (Å²) in [6.07, 6.45) is 1.64. The Morgan fingerprint density at radius 2 is 1.89 bits per heavy atom. The predicted octanol–water partition coefficient (Wildman–Crippen LogP) is 6.74.